The molecular formula is C7H7F2IN2O2. The minimum absolute atomic E-state index is 0.269. The van der Waals surface area contributed by atoms with E-state index in [2.05, 4.69) is 5.10 Å². The van der Waals surface area contributed by atoms with E-state index in [1.165, 1.54) is 13.1 Å². The molecule has 0 fully saturated rings. The minimum Gasteiger partial charge on any atom is -0.480 e. The van der Waals surface area contributed by atoms with Crippen LogP contribution in [0.2, 0.25) is 0 Å². The Balaban J connectivity index is 3.02. The highest BCUT2D eigenvalue weighted by molar-refractivity contribution is 14.1. The van der Waals surface area contributed by atoms with Gasteiger partial charge in [-0.25, -0.2) is 13.6 Å². The maximum absolute atomic E-state index is 12.3. The quantitative estimate of drug-likeness (QED) is 0.869. The van der Waals surface area contributed by atoms with Crippen LogP contribution in [0.4, 0.5) is 8.78 Å². The predicted molar refractivity (Wildman–Crippen MR) is 52.2 cm³/mol. The predicted octanol–water partition coefficient (Wildman–Crippen LogP) is 2.07. The van der Waals surface area contributed by atoms with E-state index in [9.17, 15) is 13.6 Å². The lowest BCUT2D eigenvalue weighted by atomic mass is 10.4. The van der Waals surface area contributed by atoms with Crippen LogP contribution in [-0.2, 0) is 4.79 Å². The molecule has 0 aliphatic carbocycles. The Bertz CT molecular complexity index is 353. The van der Waals surface area contributed by atoms with Gasteiger partial charge >= 0.3 is 5.97 Å². The normalized spacial score (nSPS) is 13.2. The smallest absolute Gasteiger partial charge is 0.328 e. The Morgan fingerprint density at radius 3 is 2.64 bits per heavy atom. The molecule has 0 aliphatic rings. The molecule has 1 N–H and O–H groups in total. The topological polar surface area (TPSA) is 55.1 Å². The molecule has 0 aliphatic heterocycles. The highest BCUT2D eigenvalue weighted by Crippen LogP contribution is 2.23. The van der Waals surface area contributed by atoms with Crippen LogP contribution in [0.15, 0.2) is 6.20 Å². The van der Waals surface area contributed by atoms with E-state index in [0.29, 0.717) is 0 Å². The molecule has 0 saturated heterocycles. The lowest BCUT2D eigenvalue weighted by molar-refractivity contribution is -0.140. The number of halogens is 3. The van der Waals surface area contributed by atoms with Gasteiger partial charge in [-0.05, 0) is 29.5 Å². The van der Waals surface area contributed by atoms with Crippen molar-refractivity contribution < 1.29 is 18.7 Å². The molecule has 1 heterocycles. The molecule has 78 valence electrons. The van der Waals surface area contributed by atoms with Crippen LogP contribution in [-0.4, -0.2) is 20.9 Å². The van der Waals surface area contributed by atoms with Crippen molar-refractivity contribution in [2.24, 2.45) is 0 Å². The zero-order valence-corrected chi connectivity index (χ0v) is 9.27. The molecule has 0 amide bonds. The van der Waals surface area contributed by atoms with Crippen molar-refractivity contribution in [2.75, 3.05) is 0 Å². The highest BCUT2D eigenvalue weighted by Gasteiger charge is 2.21. The zero-order chi connectivity index (χ0) is 10.9. The van der Waals surface area contributed by atoms with Crippen molar-refractivity contribution in [3.05, 3.63) is 15.5 Å². The monoisotopic (exact) mass is 316 g/mol. The van der Waals surface area contributed by atoms with Gasteiger partial charge in [-0.15, -0.1) is 0 Å². The van der Waals surface area contributed by atoms with Crippen molar-refractivity contribution in [2.45, 2.75) is 19.4 Å². The van der Waals surface area contributed by atoms with E-state index in [1.807, 2.05) is 0 Å². The summed E-state index contributed by atoms with van der Waals surface area (Å²) in [6, 6.07) is -0.934. The molecule has 0 spiro atoms. The molecule has 0 radical (unpaired) electrons. The first-order valence-electron chi connectivity index (χ1n) is 3.69. The average Bonchev–Trinajstić information content (AvgIpc) is 2.45. The third kappa shape index (κ3) is 2.20. The molecular weight excluding hydrogens is 309 g/mol. The second kappa shape index (κ2) is 4.20. The van der Waals surface area contributed by atoms with Gasteiger partial charge in [-0.1, -0.05) is 0 Å². The number of rotatable bonds is 3. The van der Waals surface area contributed by atoms with Crippen molar-refractivity contribution in [1.29, 1.82) is 0 Å². The van der Waals surface area contributed by atoms with Gasteiger partial charge in [-0.2, -0.15) is 5.10 Å². The first kappa shape index (κ1) is 11.3. The largest absolute Gasteiger partial charge is 0.480 e. The van der Waals surface area contributed by atoms with Gasteiger partial charge in [0.1, 0.15) is 11.7 Å². The van der Waals surface area contributed by atoms with Crippen LogP contribution in [0.5, 0.6) is 0 Å². The number of alkyl halides is 2. The van der Waals surface area contributed by atoms with Crippen LogP contribution in [0, 0.1) is 3.57 Å². The molecule has 0 saturated carbocycles. The van der Waals surface area contributed by atoms with Crippen molar-refractivity contribution in [1.82, 2.24) is 9.78 Å². The SMILES string of the molecule is CC(C(=O)O)n1cc(I)c(C(F)F)n1. The molecule has 0 bridgehead atoms. The lowest BCUT2D eigenvalue weighted by Crippen LogP contribution is -2.16. The lowest BCUT2D eigenvalue weighted by Gasteiger charge is -2.05. The van der Waals surface area contributed by atoms with Gasteiger partial charge in [0.2, 0.25) is 0 Å². The maximum Gasteiger partial charge on any atom is 0.328 e. The summed E-state index contributed by atoms with van der Waals surface area (Å²) in [4.78, 5) is 10.5. The summed E-state index contributed by atoms with van der Waals surface area (Å²) in [5, 5.41) is 12.1. The Hall–Kier alpha value is -0.730. The van der Waals surface area contributed by atoms with E-state index in [0.717, 1.165) is 4.68 Å². The Morgan fingerprint density at radius 2 is 2.29 bits per heavy atom. The summed E-state index contributed by atoms with van der Waals surface area (Å²) in [5.74, 6) is -1.11. The van der Waals surface area contributed by atoms with Gasteiger partial charge in [0.05, 0.1) is 3.57 Å². The number of carboxylic acid groups (broad SMARTS) is 1. The number of aromatic nitrogens is 2. The van der Waals surface area contributed by atoms with Gasteiger partial charge in [0.15, 0.2) is 0 Å². The van der Waals surface area contributed by atoms with Crippen LogP contribution < -0.4 is 0 Å². The number of aliphatic carboxylic acids is 1. The molecule has 7 heteroatoms. The summed E-state index contributed by atoms with van der Waals surface area (Å²) in [7, 11) is 0. The standard InChI is InChI=1S/C7H7F2IN2O2/c1-3(7(13)14)12-2-4(10)5(11-12)6(8)9/h2-3,6H,1H3,(H,13,14). The summed E-state index contributed by atoms with van der Waals surface area (Å²) in [6.45, 7) is 1.38. The minimum atomic E-state index is -2.68. The van der Waals surface area contributed by atoms with Crippen LogP contribution in [0.1, 0.15) is 25.1 Å². The molecule has 1 unspecified atom stereocenters. The van der Waals surface area contributed by atoms with Crippen molar-refractivity contribution in [3.63, 3.8) is 0 Å². The van der Waals surface area contributed by atoms with E-state index in [-0.39, 0.29) is 9.26 Å². The fourth-order valence-electron chi connectivity index (χ4n) is 0.843. The molecule has 4 nitrogen and oxygen atoms in total. The Kier molecular flexibility index (Phi) is 3.40. The molecule has 1 rings (SSSR count). The van der Waals surface area contributed by atoms with E-state index >= 15 is 0 Å². The third-order valence-electron chi connectivity index (χ3n) is 1.67. The van der Waals surface area contributed by atoms with E-state index < -0.39 is 18.4 Å². The average molecular weight is 316 g/mol. The number of carboxylic acids is 1. The maximum atomic E-state index is 12.3. The fraction of sp³-hybridized carbons (Fsp3) is 0.429. The van der Waals surface area contributed by atoms with Crippen molar-refractivity contribution in [3.8, 4) is 0 Å². The highest BCUT2D eigenvalue weighted by atomic mass is 127. The van der Waals surface area contributed by atoms with Crippen LogP contribution in [0.3, 0.4) is 0 Å². The van der Waals surface area contributed by atoms with Crippen molar-refractivity contribution >= 4 is 28.6 Å². The summed E-state index contributed by atoms with van der Waals surface area (Å²) in [5.41, 5.74) is -0.376. The summed E-state index contributed by atoms with van der Waals surface area (Å²) >= 11 is 1.70. The number of nitrogens with zero attached hydrogens (tertiary/aromatic N) is 2. The zero-order valence-electron chi connectivity index (χ0n) is 7.12. The molecule has 1 aromatic rings. The molecule has 1 aromatic heterocycles. The Labute approximate surface area is 92.0 Å². The third-order valence-corrected chi connectivity index (χ3v) is 2.51. The number of hydrogen-bond acceptors (Lipinski definition) is 2. The summed E-state index contributed by atoms with van der Waals surface area (Å²) < 4.78 is 25.8. The first-order chi connectivity index (χ1) is 6.43. The molecule has 1 atom stereocenters. The van der Waals surface area contributed by atoms with Crippen LogP contribution >= 0.6 is 22.6 Å². The second-order valence-electron chi connectivity index (χ2n) is 2.66. The van der Waals surface area contributed by atoms with Gasteiger partial charge in [-0.3, -0.25) is 4.68 Å². The second-order valence-corrected chi connectivity index (χ2v) is 3.82. The molecule has 14 heavy (non-hydrogen) atoms. The number of carbonyl (C=O) groups is 1. The molecule has 0 aromatic carbocycles. The van der Waals surface area contributed by atoms with Crippen LogP contribution in [0.25, 0.3) is 0 Å². The van der Waals surface area contributed by atoms with Gasteiger partial charge < -0.3 is 5.11 Å². The first-order valence-corrected chi connectivity index (χ1v) is 4.77. The van der Waals surface area contributed by atoms with Gasteiger partial charge in [0, 0.05) is 6.20 Å². The Morgan fingerprint density at radius 1 is 1.71 bits per heavy atom. The number of hydrogen-bond donors (Lipinski definition) is 1. The van der Waals surface area contributed by atoms with Gasteiger partial charge in [0.25, 0.3) is 6.43 Å². The summed E-state index contributed by atoms with van der Waals surface area (Å²) in [6.07, 6.45) is -1.38. The fourth-order valence-corrected chi connectivity index (χ4v) is 1.47. The van der Waals surface area contributed by atoms with E-state index in [1.54, 1.807) is 22.6 Å². The van der Waals surface area contributed by atoms with E-state index in [4.69, 9.17) is 5.11 Å².